The molecule has 37 heavy (non-hydrogen) atoms. The number of amides is 1. The molecule has 0 radical (unpaired) electrons. The summed E-state index contributed by atoms with van der Waals surface area (Å²) in [5, 5.41) is 3.21. The fraction of sp³-hybridized carbons (Fsp3) is 0.407. The number of hydrogen-bond donors (Lipinski definition) is 1. The molecule has 1 aromatic heterocycles. The largest absolute Gasteiger partial charge is 0.497 e. The van der Waals surface area contributed by atoms with Gasteiger partial charge in [-0.3, -0.25) is 9.59 Å². The van der Waals surface area contributed by atoms with Gasteiger partial charge in [0.05, 0.1) is 44.2 Å². The summed E-state index contributed by atoms with van der Waals surface area (Å²) in [7, 11) is 5.20. The van der Waals surface area contributed by atoms with Crippen LogP contribution in [0.1, 0.15) is 10.6 Å². The lowest BCUT2D eigenvalue weighted by Crippen LogP contribution is -2.44. The molecule has 0 bridgehead atoms. The Morgan fingerprint density at radius 1 is 0.919 bits per heavy atom. The van der Waals surface area contributed by atoms with Crippen molar-refractivity contribution in [1.29, 1.82) is 0 Å². The monoisotopic (exact) mass is 508 g/mol. The highest BCUT2D eigenvalue weighted by molar-refractivity contribution is 6.04. The van der Waals surface area contributed by atoms with E-state index in [0.717, 1.165) is 50.6 Å². The van der Waals surface area contributed by atoms with Gasteiger partial charge >= 0.3 is 0 Å². The van der Waals surface area contributed by atoms with Crippen molar-refractivity contribution in [3.05, 3.63) is 52.4 Å². The van der Waals surface area contributed by atoms with Gasteiger partial charge in [-0.2, -0.15) is 0 Å². The summed E-state index contributed by atoms with van der Waals surface area (Å²) in [5.74, 6) is 0.480. The summed E-state index contributed by atoms with van der Waals surface area (Å²) < 4.78 is 22.5. The first-order valence-corrected chi connectivity index (χ1v) is 12.4. The molecule has 3 heterocycles. The Balaban J connectivity index is 1.46. The first-order chi connectivity index (χ1) is 18.0. The minimum atomic E-state index is -0.531. The van der Waals surface area contributed by atoms with Gasteiger partial charge in [0.25, 0.3) is 5.91 Å². The minimum absolute atomic E-state index is 0.0719. The molecule has 0 spiro atoms. The molecule has 0 atom stereocenters. The lowest BCUT2D eigenvalue weighted by molar-refractivity contribution is 0.0997. The van der Waals surface area contributed by atoms with Crippen molar-refractivity contribution >= 4 is 33.9 Å². The summed E-state index contributed by atoms with van der Waals surface area (Å²) in [4.78, 5) is 32.9. The van der Waals surface area contributed by atoms with E-state index in [1.165, 1.54) is 6.07 Å². The summed E-state index contributed by atoms with van der Waals surface area (Å²) in [6.07, 6.45) is 0. The number of rotatable bonds is 6. The van der Waals surface area contributed by atoms with Crippen LogP contribution in [0.4, 0.5) is 17.1 Å². The van der Waals surface area contributed by atoms with Crippen molar-refractivity contribution in [2.75, 3.05) is 88.9 Å². The second-order valence-electron chi connectivity index (χ2n) is 9.23. The fourth-order valence-electron chi connectivity index (χ4n) is 4.71. The summed E-state index contributed by atoms with van der Waals surface area (Å²) >= 11 is 0. The average Bonchev–Trinajstić information content (AvgIpc) is 2.93. The van der Waals surface area contributed by atoms with Gasteiger partial charge in [0.1, 0.15) is 11.5 Å². The number of carbonyl (C=O) groups is 1. The lowest BCUT2D eigenvalue weighted by Gasteiger charge is -2.34. The van der Waals surface area contributed by atoms with Crippen molar-refractivity contribution in [3.63, 3.8) is 0 Å². The molecule has 10 nitrogen and oxygen atoms in total. The Morgan fingerprint density at radius 3 is 2.38 bits per heavy atom. The summed E-state index contributed by atoms with van der Waals surface area (Å²) in [5.41, 5.74) is 2.28. The predicted octanol–water partition coefficient (Wildman–Crippen LogP) is 2.65. The molecule has 0 unspecified atom stereocenters. The molecule has 0 saturated carbocycles. The molecule has 2 aliphatic heterocycles. The van der Waals surface area contributed by atoms with Crippen molar-refractivity contribution in [1.82, 2.24) is 4.90 Å². The van der Waals surface area contributed by atoms with Gasteiger partial charge in [-0.1, -0.05) is 0 Å². The van der Waals surface area contributed by atoms with Crippen molar-refractivity contribution < 1.29 is 23.4 Å². The van der Waals surface area contributed by atoms with Gasteiger partial charge in [-0.25, -0.2) is 0 Å². The Hall–Kier alpha value is -3.76. The molecular weight excluding hydrogens is 476 g/mol. The molecule has 5 rings (SSSR count). The number of nitrogens with one attached hydrogen (secondary N) is 1. The Labute approximate surface area is 215 Å². The number of nitrogens with zero attached hydrogens (tertiary/aromatic N) is 3. The van der Waals surface area contributed by atoms with Crippen molar-refractivity contribution in [3.8, 4) is 11.5 Å². The van der Waals surface area contributed by atoms with Crippen LogP contribution in [0.2, 0.25) is 0 Å². The van der Waals surface area contributed by atoms with E-state index >= 15 is 0 Å². The van der Waals surface area contributed by atoms with E-state index < -0.39 is 5.91 Å². The standard InChI is InChI=1S/C27H32N4O6/c1-29-6-8-31(9-7-29)22-16-19(34-2)15-20-23(32)17-25(37-26(20)22)27(33)28-21-5-4-18(14-24(21)35-3)30-10-12-36-13-11-30/h4-5,14-17H,6-13H2,1-3H3,(H,28,33). The maximum atomic E-state index is 13.2. The third-order valence-electron chi connectivity index (χ3n) is 6.90. The van der Waals surface area contributed by atoms with E-state index in [-0.39, 0.29) is 11.2 Å². The molecule has 1 amide bonds. The Kier molecular flexibility index (Phi) is 7.20. The summed E-state index contributed by atoms with van der Waals surface area (Å²) in [6, 6.07) is 10.3. The average molecular weight is 509 g/mol. The fourth-order valence-corrected chi connectivity index (χ4v) is 4.71. The van der Waals surface area contributed by atoms with Crippen molar-refractivity contribution in [2.45, 2.75) is 0 Å². The van der Waals surface area contributed by atoms with Crippen LogP contribution in [0.15, 0.2) is 45.6 Å². The number of morpholine rings is 1. The van der Waals surface area contributed by atoms with E-state index in [1.807, 2.05) is 18.2 Å². The molecule has 0 aliphatic carbocycles. The number of methoxy groups -OCH3 is 2. The third kappa shape index (κ3) is 5.21. The maximum Gasteiger partial charge on any atom is 0.291 e. The molecule has 196 valence electrons. The van der Waals surface area contributed by atoms with Gasteiger partial charge in [0, 0.05) is 63.2 Å². The van der Waals surface area contributed by atoms with Crippen LogP contribution in [0.25, 0.3) is 11.0 Å². The predicted molar refractivity (Wildman–Crippen MR) is 143 cm³/mol. The Morgan fingerprint density at radius 2 is 1.68 bits per heavy atom. The molecule has 2 aromatic carbocycles. The number of hydrogen-bond acceptors (Lipinski definition) is 9. The summed E-state index contributed by atoms with van der Waals surface area (Å²) in [6.45, 7) is 6.21. The van der Waals surface area contributed by atoms with E-state index in [9.17, 15) is 9.59 Å². The number of piperazine rings is 1. The number of benzene rings is 2. The molecule has 3 aromatic rings. The third-order valence-corrected chi connectivity index (χ3v) is 6.90. The van der Waals surface area contributed by atoms with Crippen LogP contribution in [0, 0.1) is 0 Å². The van der Waals surface area contributed by atoms with Crippen LogP contribution in [0.5, 0.6) is 11.5 Å². The maximum absolute atomic E-state index is 13.2. The molecule has 2 saturated heterocycles. The molecule has 2 fully saturated rings. The first kappa shape index (κ1) is 24.9. The molecule has 1 N–H and O–H groups in total. The zero-order chi connectivity index (χ0) is 25.9. The second-order valence-corrected chi connectivity index (χ2v) is 9.23. The SMILES string of the molecule is COc1cc(N2CCN(C)CC2)c2oc(C(=O)Nc3ccc(N4CCOCC4)cc3OC)cc(=O)c2c1. The zero-order valence-electron chi connectivity index (χ0n) is 21.4. The number of carbonyl (C=O) groups excluding carboxylic acids is 1. The Bertz CT molecular complexity index is 1340. The van der Waals surface area contributed by atoms with Crippen LogP contribution in [0.3, 0.4) is 0 Å². The second kappa shape index (κ2) is 10.7. The molecule has 10 heteroatoms. The smallest absolute Gasteiger partial charge is 0.291 e. The molecule has 2 aliphatic rings. The highest BCUT2D eigenvalue weighted by Crippen LogP contribution is 2.33. The highest BCUT2D eigenvalue weighted by Gasteiger charge is 2.23. The number of likely N-dealkylation sites (N-methyl/N-ethyl adjacent to an activating group) is 1. The lowest BCUT2D eigenvalue weighted by atomic mass is 10.1. The van der Waals surface area contributed by atoms with E-state index in [1.54, 1.807) is 26.4 Å². The number of fused-ring (bicyclic) bond motifs is 1. The topological polar surface area (TPSA) is 96.7 Å². The van der Waals surface area contributed by atoms with Gasteiger partial charge < -0.3 is 38.6 Å². The van der Waals surface area contributed by atoms with Gasteiger partial charge in [-0.15, -0.1) is 0 Å². The zero-order valence-corrected chi connectivity index (χ0v) is 21.4. The van der Waals surface area contributed by atoms with Crippen LogP contribution in [-0.4, -0.2) is 84.6 Å². The van der Waals surface area contributed by atoms with E-state index in [2.05, 4.69) is 27.1 Å². The van der Waals surface area contributed by atoms with Crippen LogP contribution >= 0.6 is 0 Å². The first-order valence-electron chi connectivity index (χ1n) is 12.4. The number of ether oxygens (including phenoxy) is 3. The van der Waals surface area contributed by atoms with Crippen LogP contribution < -0.4 is 30.0 Å². The van der Waals surface area contributed by atoms with Crippen molar-refractivity contribution in [2.24, 2.45) is 0 Å². The van der Waals surface area contributed by atoms with Gasteiger partial charge in [0.15, 0.2) is 16.8 Å². The van der Waals surface area contributed by atoms with Gasteiger partial charge in [-0.05, 0) is 25.2 Å². The minimum Gasteiger partial charge on any atom is -0.497 e. The number of anilines is 3. The van der Waals surface area contributed by atoms with Gasteiger partial charge in [0.2, 0.25) is 0 Å². The normalized spacial score (nSPS) is 16.6. The van der Waals surface area contributed by atoms with Crippen LogP contribution in [-0.2, 0) is 4.74 Å². The highest BCUT2D eigenvalue weighted by atomic mass is 16.5. The molecular formula is C27H32N4O6. The quantitative estimate of drug-likeness (QED) is 0.539. The van der Waals surface area contributed by atoms with E-state index in [0.29, 0.717) is 41.4 Å². The van der Waals surface area contributed by atoms with E-state index in [4.69, 9.17) is 18.6 Å².